The molecule has 4 nitrogen and oxygen atoms in total. The van der Waals surface area contributed by atoms with Crippen molar-refractivity contribution in [3.63, 3.8) is 0 Å². The monoisotopic (exact) mass is 361 g/mol. The minimum atomic E-state index is -0.183. The van der Waals surface area contributed by atoms with E-state index in [0.717, 1.165) is 17.4 Å². The number of para-hydroxylation sites is 1. The highest BCUT2D eigenvalue weighted by atomic mass is 35.5. The quantitative estimate of drug-likeness (QED) is 0.714. The van der Waals surface area contributed by atoms with Gasteiger partial charge in [0, 0.05) is 23.9 Å². The second kappa shape index (κ2) is 6.93. The van der Waals surface area contributed by atoms with E-state index in [4.69, 9.17) is 23.2 Å². The van der Waals surface area contributed by atoms with E-state index in [2.05, 4.69) is 10.3 Å². The zero-order valence-corrected chi connectivity index (χ0v) is 14.9. The predicted molar refractivity (Wildman–Crippen MR) is 100 cm³/mol. The van der Waals surface area contributed by atoms with Crippen LogP contribution in [0.25, 0.3) is 21.8 Å². The molecule has 1 N–H and O–H groups in total. The Bertz CT molecular complexity index is 925. The lowest BCUT2D eigenvalue weighted by atomic mass is 10.1. The first-order valence-electron chi connectivity index (χ1n) is 7.58. The second-order valence-corrected chi connectivity index (χ2v) is 6.61. The van der Waals surface area contributed by atoms with Gasteiger partial charge in [0.2, 0.25) is 0 Å². The third kappa shape index (κ3) is 3.18. The molecule has 1 amide bonds. The molecule has 0 aliphatic heterocycles. The molecular formula is C18H17Cl2N3O. The van der Waals surface area contributed by atoms with Crippen molar-refractivity contribution in [2.75, 3.05) is 27.2 Å². The molecule has 6 heteroatoms. The van der Waals surface area contributed by atoms with Crippen molar-refractivity contribution in [3.05, 3.63) is 52.0 Å². The van der Waals surface area contributed by atoms with E-state index < -0.39 is 0 Å². The van der Waals surface area contributed by atoms with Crippen LogP contribution < -0.4 is 5.32 Å². The number of aromatic nitrogens is 1. The van der Waals surface area contributed by atoms with E-state index in [9.17, 15) is 4.79 Å². The molecule has 0 spiro atoms. The van der Waals surface area contributed by atoms with Gasteiger partial charge in [0.1, 0.15) is 0 Å². The molecular weight excluding hydrogens is 345 g/mol. The van der Waals surface area contributed by atoms with Crippen LogP contribution in [0.5, 0.6) is 0 Å². The Balaban J connectivity index is 2.12. The minimum absolute atomic E-state index is 0.183. The molecule has 24 heavy (non-hydrogen) atoms. The van der Waals surface area contributed by atoms with Gasteiger partial charge in [-0.1, -0.05) is 41.4 Å². The molecule has 0 saturated heterocycles. The predicted octanol–water partition coefficient (Wildman–Crippen LogP) is 3.99. The van der Waals surface area contributed by atoms with Crippen molar-refractivity contribution in [1.29, 1.82) is 0 Å². The van der Waals surface area contributed by atoms with Gasteiger partial charge in [0.05, 0.1) is 26.6 Å². The number of benzene rings is 2. The van der Waals surface area contributed by atoms with Gasteiger partial charge in [-0.2, -0.15) is 0 Å². The van der Waals surface area contributed by atoms with Gasteiger partial charge in [0.25, 0.3) is 5.91 Å². The first-order chi connectivity index (χ1) is 11.5. The smallest absolute Gasteiger partial charge is 0.253 e. The van der Waals surface area contributed by atoms with Crippen molar-refractivity contribution in [2.24, 2.45) is 0 Å². The van der Waals surface area contributed by atoms with Gasteiger partial charge in [-0.25, -0.2) is 4.98 Å². The molecule has 124 valence electrons. The van der Waals surface area contributed by atoms with Crippen LogP contribution in [0.2, 0.25) is 10.0 Å². The zero-order valence-electron chi connectivity index (χ0n) is 13.4. The van der Waals surface area contributed by atoms with Crippen LogP contribution in [0.3, 0.4) is 0 Å². The van der Waals surface area contributed by atoms with E-state index in [-0.39, 0.29) is 5.91 Å². The molecule has 0 aliphatic carbocycles. The Morgan fingerprint density at radius 3 is 2.67 bits per heavy atom. The van der Waals surface area contributed by atoms with Crippen molar-refractivity contribution in [3.8, 4) is 0 Å². The highest BCUT2D eigenvalue weighted by Gasteiger charge is 2.17. The Morgan fingerprint density at radius 2 is 1.92 bits per heavy atom. The standard InChI is InChI=1S/C18H17Cl2N3O/c1-23(2)10-9-21-18(24)12-7-8-13(19)15-16(20)11-5-3-4-6-14(11)22-17(12)15/h3-8H,9-10H2,1-2H3,(H,21,24). The number of fused-ring (bicyclic) bond motifs is 2. The number of rotatable bonds is 4. The first-order valence-corrected chi connectivity index (χ1v) is 8.34. The van der Waals surface area contributed by atoms with Crippen LogP contribution >= 0.6 is 23.2 Å². The lowest BCUT2D eigenvalue weighted by Gasteiger charge is -2.13. The molecule has 0 radical (unpaired) electrons. The molecule has 0 saturated carbocycles. The largest absolute Gasteiger partial charge is 0.351 e. The summed E-state index contributed by atoms with van der Waals surface area (Å²) in [5, 5.41) is 5.33. The maximum atomic E-state index is 12.5. The summed E-state index contributed by atoms with van der Waals surface area (Å²) in [6.07, 6.45) is 0. The summed E-state index contributed by atoms with van der Waals surface area (Å²) >= 11 is 12.9. The normalized spacial score (nSPS) is 11.4. The Labute approximate surface area is 150 Å². The van der Waals surface area contributed by atoms with E-state index in [1.807, 2.05) is 43.3 Å². The summed E-state index contributed by atoms with van der Waals surface area (Å²) in [7, 11) is 3.91. The van der Waals surface area contributed by atoms with Gasteiger partial charge >= 0.3 is 0 Å². The van der Waals surface area contributed by atoms with E-state index in [1.165, 1.54) is 0 Å². The Morgan fingerprint density at radius 1 is 1.17 bits per heavy atom. The van der Waals surface area contributed by atoms with Crippen LogP contribution in [0, 0.1) is 0 Å². The van der Waals surface area contributed by atoms with Crippen LogP contribution in [-0.4, -0.2) is 43.0 Å². The maximum Gasteiger partial charge on any atom is 0.253 e. The van der Waals surface area contributed by atoms with Crippen molar-refractivity contribution in [2.45, 2.75) is 0 Å². The summed E-state index contributed by atoms with van der Waals surface area (Å²) in [6, 6.07) is 10.9. The summed E-state index contributed by atoms with van der Waals surface area (Å²) in [6.45, 7) is 1.31. The summed E-state index contributed by atoms with van der Waals surface area (Å²) < 4.78 is 0. The third-order valence-corrected chi connectivity index (χ3v) is 4.52. The van der Waals surface area contributed by atoms with Crippen LogP contribution in [-0.2, 0) is 0 Å². The maximum absolute atomic E-state index is 12.5. The number of nitrogens with zero attached hydrogens (tertiary/aromatic N) is 2. The topological polar surface area (TPSA) is 45.2 Å². The van der Waals surface area contributed by atoms with Gasteiger partial charge in [0.15, 0.2) is 0 Å². The van der Waals surface area contributed by atoms with Gasteiger partial charge in [-0.15, -0.1) is 0 Å². The second-order valence-electron chi connectivity index (χ2n) is 5.82. The van der Waals surface area contributed by atoms with E-state index >= 15 is 0 Å². The molecule has 3 aromatic rings. The lowest BCUT2D eigenvalue weighted by Crippen LogP contribution is -2.31. The number of pyridine rings is 1. The number of amides is 1. The van der Waals surface area contributed by atoms with Gasteiger partial charge in [-0.3, -0.25) is 4.79 Å². The number of hydrogen-bond acceptors (Lipinski definition) is 3. The minimum Gasteiger partial charge on any atom is -0.351 e. The highest BCUT2D eigenvalue weighted by Crippen LogP contribution is 2.36. The van der Waals surface area contributed by atoms with Crippen LogP contribution in [0.1, 0.15) is 10.4 Å². The van der Waals surface area contributed by atoms with Crippen molar-refractivity contribution >= 4 is 50.9 Å². The van der Waals surface area contributed by atoms with E-state index in [1.54, 1.807) is 12.1 Å². The molecule has 0 fully saturated rings. The molecule has 1 heterocycles. The van der Waals surface area contributed by atoms with Crippen LogP contribution in [0.4, 0.5) is 0 Å². The fraction of sp³-hybridized carbons (Fsp3) is 0.222. The molecule has 2 aromatic carbocycles. The Hall–Kier alpha value is -1.88. The number of nitrogens with one attached hydrogen (secondary N) is 1. The summed E-state index contributed by atoms with van der Waals surface area (Å²) in [5.74, 6) is -0.183. The number of likely N-dealkylation sites (N-methyl/N-ethyl adjacent to an activating group) is 1. The number of carbonyl (C=O) groups excluding carboxylic acids is 1. The zero-order chi connectivity index (χ0) is 17.3. The summed E-state index contributed by atoms with van der Waals surface area (Å²) in [4.78, 5) is 19.2. The van der Waals surface area contributed by atoms with E-state index in [0.29, 0.717) is 33.1 Å². The molecule has 0 aliphatic rings. The molecule has 0 bridgehead atoms. The van der Waals surface area contributed by atoms with Gasteiger partial charge in [-0.05, 0) is 32.3 Å². The fourth-order valence-corrected chi connectivity index (χ4v) is 3.22. The number of hydrogen-bond donors (Lipinski definition) is 1. The highest BCUT2D eigenvalue weighted by molar-refractivity contribution is 6.45. The fourth-order valence-electron chi connectivity index (χ4n) is 2.57. The average Bonchev–Trinajstić information content (AvgIpc) is 2.54. The molecule has 1 aromatic heterocycles. The lowest BCUT2D eigenvalue weighted by molar-refractivity contribution is 0.0952. The molecule has 0 atom stereocenters. The molecule has 3 rings (SSSR count). The number of halogens is 2. The molecule has 0 unspecified atom stereocenters. The number of carbonyl (C=O) groups is 1. The van der Waals surface area contributed by atoms with Crippen LogP contribution in [0.15, 0.2) is 36.4 Å². The van der Waals surface area contributed by atoms with Gasteiger partial charge < -0.3 is 10.2 Å². The van der Waals surface area contributed by atoms with Crippen molar-refractivity contribution < 1.29 is 4.79 Å². The first kappa shape index (κ1) is 17.0. The average molecular weight is 362 g/mol. The summed E-state index contributed by atoms with van der Waals surface area (Å²) in [5.41, 5.74) is 1.73. The SMILES string of the molecule is CN(C)CCNC(=O)c1ccc(Cl)c2c(Cl)c3ccccc3nc12. The Kier molecular flexibility index (Phi) is 4.90. The third-order valence-electron chi connectivity index (χ3n) is 3.81. The van der Waals surface area contributed by atoms with Crippen molar-refractivity contribution in [1.82, 2.24) is 15.2 Å².